The van der Waals surface area contributed by atoms with Crippen LogP contribution in [0.3, 0.4) is 0 Å². The average Bonchev–Trinajstić information content (AvgIpc) is 2.42. The second-order valence-corrected chi connectivity index (χ2v) is 7.14. The fourth-order valence-electron chi connectivity index (χ4n) is 2.54. The van der Waals surface area contributed by atoms with Gasteiger partial charge in [0.2, 0.25) is 0 Å². The van der Waals surface area contributed by atoms with E-state index in [-0.39, 0.29) is 0 Å². The van der Waals surface area contributed by atoms with Crippen molar-refractivity contribution in [3.63, 3.8) is 0 Å². The SMILES string of the molecule is CCNC(Cc1cccc(C)c1)c1cc(Br)c(C)cc1Br. The monoisotopic (exact) mass is 409 g/mol. The highest BCUT2D eigenvalue weighted by atomic mass is 79.9. The minimum Gasteiger partial charge on any atom is -0.310 e. The van der Waals surface area contributed by atoms with Gasteiger partial charge < -0.3 is 5.32 Å². The summed E-state index contributed by atoms with van der Waals surface area (Å²) in [4.78, 5) is 0. The second-order valence-electron chi connectivity index (χ2n) is 5.43. The lowest BCUT2D eigenvalue weighted by molar-refractivity contribution is 0.547. The van der Waals surface area contributed by atoms with E-state index in [0.29, 0.717) is 6.04 Å². The van der Waals surface area contributed by atoms with E-state index >= 15 is 0 Å². The largest absolute Gasteiger partial charge is 0.310 e. The first-order valence-corrected chi connectivity index (χ1v) is 8.84. The molecular weight excluding hydrogens is 390 g/mol. The van der Waals surface area contributed by atoms with Crippen molar-refractivity contribution < 1.29 is 0 Å². The van der Waals surface area contributed by atoms with Gasteiger partial charge in [-0.1, -0.05) is 68.6 Å². The lowest BCUT2D eigenvalue weighted by Crippen LogP contribution is -2.23. The Labute approximate surface area is 144 Å². The van der Waals surface area contributed by atoms with Gasteiger partial charge in [0.25, 0.3) is 0 Å². The van der Waals surface area contributed by atoms with Gasteiger partial charge in [0.15, 0.2) is 0 Å². The van der Waals surface area contributed by atoms with E-state index in [9.17, 15) is 0 Å². The normalized spacial score (nSPS) is 12.4. The topological polar surface area (TPSA) is 12.0 Å². The van der Waals surface area contributed by atoms with Crippen LogP contribution < -0.4 is 5.32 Å². The highest BCUT2D eigenvalue weighted by molar-refractivity contribution is 9.11. The molecule has 1 nitrogen and oxygen atoms in total. The summed E-state index contributed by atoms with van der Waals surface area (Å²) in [6, 6.07) is 13.5. The van der Waals surface area contributed by atoms with Gasteiger partial charge in [0.1, 0.15) is 0 Å². The molecule has 0 heterocycles. The lowest BCUT2D eigenvalue weighted by atomic mass is 9.97. The zero-order valence-electron chi connectivity index (χ0n) is 12.7. The number of halogens is 2. The van der Waals surface area contributed by atoms with Gasteiger partial charge >= 0.3 is 0 Å². The van der Waals surface area contributed by atoms with E-state index in [2.05, 4.69) is 94.3 Å². The van der Waals surface area contributed by atoms with E-state index in [1.807, 2.05) is 0 Å². The second kappa shape index (κ2) is 7.57. The summed E-state index contributed by atoms with van der Waals surface area (Å²) in [6.45, 7) is 7.36. The first-order chi connectivity index (χ1) is 10.0. The third-order valence-corrected chi connectivity index (χ3v) is 5.17. The Balaban J connectivity index is 2.33. The molecule has 0 radical (unpaired) electrons. The van der Waals surface area contributed by atoms with Crippen molar-refractivity contribution >= 4 is 31.9 Å². The van der Waals surface area contributed by atoms with Crippen LogP contribution in [0.25, 0.3) is 0 Å². The number of nitrogens with one attached hydrogen (secondary N) is 1. The average molecular weight is 411 g/mol. The van der Waals surface area contributed by atoms with Crippen molar-refractivity contribution in [3.8, 4) is 0 Å². The maximum atomic E-state index is 3.72. The number of hydrogen-bond donors (Lipinski definition) is 1. The van der Waals surface area contributed by atoms with Crippen LogP contribution in [0.4, 0.5) is 0 Å². The molecule has 0 aromatic heterocycles. The molecule has 21 heavy (non-hydrogen) atoms. The number of hydrogen-bond acceptors (Lipinski definition) is 1. The Hall–Kier alpha value is -0.640. The van der Waals surface area contributed by atoms with E-state index in [0.717, 1.165) is 17.4 Å². The summed E-state index contributed by atoms with van der Waals surface area (Å²) in [5.74, 6) is 0. The van der Waals surface area contributed by atoms with Crippen molar-refractivity contribution in [2.45, 2.75) is 33.2 Å². The predicted octanol–water partition coefficient (Wildman–Crippen LogP) is 5.72. The molecule has 1 unspecified atom stereocenters. The third-order valence-electron chi connectivity index (χ3n) is 3.63. The molecule has 3 heteroatoms. The lowest BCUT2D eigenvalue weighted by Gasteiger charge is -2.21. The van der Waals surface area contributed by atoms with Crippen LogP contribution in [0.2, 0.25) is 0 Å². The number of rotatable bonds is 5. The molecule has 112 valence electrons. The minimum absolute atomic E-state index is 0.308. The van der Waals surface area contributed by atoms with Crippen LogP contribution in [-0.4, -0.2) is 6.54 Å². The van der Waals surface area contributed by atoms with E-state index in [4.69, 9.17) is 0 Å². The molecule has 0 spiro atoms. The zero-order valence-corrected chi connectivity index (χ0v) is 15.9. The first-order valence-electron chi connectivity index (χ1n) is 7.25. The fourth-order valence-corrected chi connectivity index (χ4v) is 3.64. The molecule has 0 aliphatic carbocycles. The highest BCUT2D eigenvalue weighted by Crippen LogP contribution is 2.31. The van der Waals surface area contributed by atoms with Gasteiger partial charge in [0.05, 0.1) is 0 Å². The zero-order chi connectivity index (χ0) is 15.4. The smallest absolute Gasteiger partial charge is 0.0372 e. The van der Waals surface area contributed by atoms with Gasteiger partial charge in [0, 0.05) is 15.0 Å². The van der Waals surface area contributed by atoms with Crippen LogP contribution in [-0.2, 0) is 6.42 Å². The van der Waals surface area contributed by atoms with Crippen LogP contribution in [0.15, 0.2) is 45.3 Å². The fraction of sp³-hybridized carbons (Fsp3) is 0.333. The molecule has 1 N–H and O–H groups in total. The molecular formula is C18H21Br2N. The molecule has 2 rings (SSSR count). The molecule has 0 amide bonds. The van der Waals surface area contributed by atoms with Crippen LogP contribution in [0.1, 0.15) is 35.2 Å². The molecule has 0 fully saturated rings. The predicted molar refractivity (Wildman–Crippen MR) is 97.9 cm³/mol. The van der Waals surface area contributed by atoms with Gasteiger partial charge in [-0.05, 0) is 55.6 Å². The number of likely N-dealkylation sites (N-methyl/N-ethyl adjacent to an activating group) is 1. The standard InChI is InChI=1S/C18H21Br2N/c1-4-21-18(10-14-7-5-6-12(2)8-14)15-11-16(19)13(3)9-17(15)20/h5-9,11,18,21H,4,10H2,1-3H3. The van der Waals surface area contributed by atoms with Gasteiger partial charge in [-0.15, -0.1) is 0 Å². The summed E-state index contributed by atoms with van der Waals surface area (Å²) in [5.41, 5.74) is 5.23. The van der Waals surface area contributed by atoms with Crippen LogP contribution >= 0.6 is 31.9 Å². The van der Waals surface area contributed by atoms with Crippen LogP contribution in [0.5, 0.6) is 0 Å². The quantitative estimate of drug-likeness (QED) is 0.664. The van der Waals surface area contributed by atoms with Crippen molar-refractivity contribution in [1.82, 2.24) is 5.32 Å². The summed E-state index contributed by atoms with van der Waals surface area (Å²) in [5, 5.41) is 3.60. The molecule has 0 bridgehead atoms. The molecule has 2 aromatic rings. The third kappa shape index (κ3) is 4.41. The minimum atomic E-state index is 0.308. The molecule has 0 aliphatic rings. The van der Waals surface area contributed by atoms with Crippen LogP contribution in [0, 0.1) is 13.8 Å². The summed E-state index contributed by atoms with van der Waals surface area (Å²) >= 11 is 7.37. The Kier molecular flexibility index (Phi) is 6.03. The molecule has 0 saturated carbocycles. The number of aryl methyl sites for hydroxylation is 2. The maximum Gasteiger partial charge on any atom is 0.0372 e. The van der Waals surface area contributed by atoms with Crippen molar-refractivity contribution in [2.75, 3.05) is 6.54 Å². The highest BCUT2D eigenvalue weighted by Gasteiger charge is 2.16. The Bertz CT molecular complexity index is 623. The summed E-state index contributed by atoms with van der Waals surface area (Å²) in [6.07, 6.45) is 0.990. The van der Waals surface area contributed by atoms with Gasteiger partial charge in [-0.3, -0.25) is 0 Å². The Morgan fingerprint density at radius 2 is 1.81 bits per heavy atom. The number of benzene rings is 2. The Morgan fingerprint density at radius 3 is 2.48 bits per heavy atom. The summed E-state index contributed by atoms with van der Waals surface area (Å²) < 4.78 is 2.33. The molecule has 0 aliphatic heterocycles. The van der Waals surface area contributed by atoms with Gasteiger partial charge in [-0.25, -0.2) is 0 Å². The summed E-state index contributed by atoms with van der Waals surface area (Å²) in [7, 11) is 0. The van der Waals surface area contributed by atoms with Crippen molar-refractivity contribution in [3.05, 3.63) is 67.6 Å². The Morgan fingerprint density at radius 1 is 1.05 bits per heavy atom. The van der Waals surface area contributed by atoms with Crippen molar-refractivity contribution in [1.29, 1.82) is 0 Å². The molecule has 0 saturated heterocycles. The van der Waals surface area contributed by atoms with Crippen molar-refractivity contribution in [2.24, 2.45) is 0 Å². The molecule has 1 atom stereocenters. The van der Waals surface area contributed by atoms with E-state index in [1.165, 1.54) is 26.7 Å². The van der Waals surface area contributed by atoms with E-state index < -0.39 is 0 Å². The molecule has 2 aromatic carbocycles. The maximum absolute atomic E-state index is 3.72. The first kappa shape index (κ1) is 16.7. The van der Waals surface area contributed by atoms with E-state index in [1.54, 1.807) is 0 Å². The van der Waals surface area contributed by atoms with Gasteiger partial charge in [-0.2, -0.15) is 0 Å².